The minimum atomic E-state index is -1.09. The Morgan fingerprint density at radius 2 is 2.32 bits per heavy atom. The van der Waals surface area contributed by atoms with Crippen LogP contribution in [0, 0.1) is 0 Å². The van der Waals surface area contributed by atoms with Gasteiger partial charge in [0, 0.05) is 12.3 Å². The highest BCUT2D eigenvalue weighted by Gasteiger charge is 2.10. The van der Waals surface area contributed by atoms with E-state index in [0.29, 0.717) is 17.4 Å². The molecule has 0 bridgehead atoms. The van der Waals surface area contributed by atoms with Gasteiger partial charge in [-0.1, -0.05) is 0 Å². The minimum Gasteiger partial charge on any atom is -0.477 e. The summed E-state index contributed by atoms with van der Waals surface area (Å²) in [5.41, 5.74) is 0.600. The average Bonchev–Trinajstić information content (AvgIpc) is 2.96. The van der Waals surface area contributed by atoms with E-state index in [-0.39, 0.29) is 11.0 Å². The number of hydrogen-bond acceptors (Lipinski definition) is 5. The van der Waals surface area contributed by atoms with Gasteiger partial charge in [0.1, 0.15) is 11.3 Å². The topological polar surface area (TPSA) is 108 Å². The lowest BCUT2D eigenvalue weighted by atomic mass is 10.4. The van der Waals surface area contributed by atoms with Crippen LogP contribution in [0.2, 0.25) is 5.28 Å². The van der Waals surface area contributed by atoms with E-state index < -0.39 is 5.97 Å². The molecule has 3 heterocycles. The van der Waals surface area contributed by atoms with Crippen LogP contribution in [0.1, 0.15) is 10.5 Å². The fourth-order valence-electron chi connectivity index (χ4n) is 1.60. The smallest absolute Gasteiger partial charge is 0.353 e. The van der Waals surface area contributed by atoms with Crippen LogP contribution in [0.25, 0.3) is 5.65 Å². The number of aromatic nitrogens is 5. The number of carboxylic acid groups (broad SMARTS) is 1. The first-order chi connectivity index (χ1) is 9.13. The number of nitrogens with one attached hydrogen (secondary N) is 2. The Kier molecular flexibility index (Phi) is 2.57. The molecule has 0 spiro atoms. The molecule has 0 saturated heterocycles. The molecule has 96 valence electrons. The predicted molar refractivity (Wildman–Crippen MR) is 66.8 cm³/mol. The summed E-state index contributed by atoms with van der Waals surface area (Å²) in [6, 6.07) is 4.92. The molecule has 0 amide bonds. The summed E-state index contributed by atoms with van der Waals surface area (Å²) in [6.45, 7) is 0. The van der Waals surface area contributed by atoms with Gasteiger partial charge in [0.15, 0.2) is 5.82 Å². The maximum absolute atomic E-state index is 10.7. The van der Waals surface area contributed by atoms with Gasteiger partial charge in [-0.25, -0.2) is 4.79 Å². The van der Waals surface area contributed by atoms with Crippen LogP contribution in [0.5, 0.6) is 0 Å². The minimum absolute atomic E-state index is 0.0218. The van der Waals surface area contributed by atoms with Crippen molar-refractivity contribution in [2.45, 2.75) is 0 Å². The number of halogens is 1. The number of carbonyl (C=O) groups is 1. The van der Waals surface area contributed by atoms with Gasteiger partial charge in [-0.05, 0) is 23.7 Å². The lowest BCUT2D eigenvalue weighted by molar-refractivity contribution is 0.0690. The fourth-order valence-corrected chi connectivity index (χ4v) is 1.77. The SMILES string of the molecule is O=C(O)c1cc(Nc2nc(Cl)nc3cccn23)n[nH]1. The monoisotopic (exact) mass is 278 g/mol. The molecule has 0 saturated carbocycles. The molecule has 3 rings (SSSR count). The van der Waals surface area contributed by atoms with E-state index in [1.54, 1.807) is 22.7 Å². The molecular formula is C10H7ClN6O2. The van der Waals surface area contributed by atoms with Gasteiger partial charge in [0.25, 0.3) is 0 Å². The Morgan fingerprint density at radius 3 is 3.05 bits per heavy atom. The first-order valence-corrected chi connectivity index (χ1v) is 5.57. The zero-order chi connectivity index (χ0) is 13.4. The highest BCUT2D eigenvalue weighted by atomic mass is 35.5. The Morgan fingerprint density at radius 1 is 1.47 bits per heavy atom. The zero-order valence-electron chi connectivity index (χ0n) is 9.33. The van der Waals surface area contributed by atoms with Crippen molar-refractivity contribution >= 4 is 35.0 Å². The highest BCUT2D eigenvalue weighted by molar-refractivity contribution is 6.28. The van der Waals surface area contributed by atoms with Gasteiger partial charge in [-0.15, -0.1) is 0 Å². The number of nitrogens with zero attached hydrogens (tertiary/aromatic N) is 4. The second-order valence-electron chi connectivity index (χ2n) is 3.65. The van der Waals surface area contributed by atoms with Crippen LogP contribution in [0.3, 0.4) is 0 Å². The molecule has 0 aliphatic rings. The zero-order valence-corrected chi connectivity index (χ0v) is 10.1. The number of anilines is 2. The third-order valence-corrected chi connectivity index (χ3v) is 2.58. The van der Waals surface area contributed by atoms with Crippen LogP contribution in [0.4, 0.5) is 11.8 Å². The van der Waals surface area contributed by atoms with Gasteiger partial charge < -0.3 is 10.4 Å². The third-order valence-electron chi connectivity index (χ3n) is 2.41. The molecule has 19 heavy (non-hydrogen) atoms. The molecule has 0 aromatic carbocycles. The van der Waals surface area contributed by atoms with E-state index in [4.69, 9.17) is 16.7 Å². The Bertz CT molecular complexity index is 764. The van der Waals surface area contributed by atoms with Gasteiger partial charge in [-0.2, -0.15) is 15.1 Å². The maximum atomic E-state index is 10.7. The first kappa shape index (κ1) is 11.5. The largest absolute Gasteiger partial charge is 0.477 e. The molecule has 3 aromatic heterocycles. The van der Waals surface area contributed by atoms with E-state index in [1.807, 2.05) is 0 Å². The molecule has 8 nitrogen and oxygen atoms in total. The third kappa shape index (κ3) is 2.08. The number of rotatable bonds is 3. The van der Waals surface area contributed by atoms with Crippen molar-refractivity contribution in [1.29, 1.82) is 0 Å². The summed E-state index contributed by atoms with van der Waals surface area (Å²) in [5, 5.41) is 18.0. The number of fused-ring (bicyclic) bond motifs is 1. The lowest BCUT2D eigenvalue weighted by Crippen LogP contribution is -2.03. The van der Waals surface area contributed by atoms with Crippen LogP contribution in [-0.2, 0) is 0 Å². The van der Waals surface area contributed by atoms with Crippen molar-refractivity contribution in [2.24, 2.45) is 0 Å². The Hall–Kier alpha value is -2.61. The van der Waals surface area contributed by atoms with Crippen LogP contribution in [-0.4, -0.2) is 35.6 Å². The predicted octanol–water partition coefficient (Wildman–Crippen LogP) is 1.55. The molecular weight excluding hydrogens is 272 g/mol. The molecule has 0 aliphatic carbocycles. The van der Waals surface area contributed by atoms with Gasteiger partial charge in [0.2, 0.25) is 11.2 Å². The summed E-state index contributed by atoms with van der Waals surface area (Å²) in [4.78, 5) is 18.8. The molecule has 0 aliphatic heterocycles. The fraction of sp³-hybridized carbons (Fsp3) is 0. The molecule has 3 aromatic rings. The summed E-state index contributed by atoms with van der Waals surface area (Å²) < 4.78 is 1.67. The molecule has 0 fully saturated rings. The van der Waals surface area contributed by atoms with E-state index in [2.05, 4.69) is 25.5 Å². The van der Waals surface area contributed by atoms with Crippen LogP contribution >= 0.6 is 11.6 Å². The Balaban J connectivity index is 2.00. The lowest BCUT2D eigenvalue weighted by Gasteiger charge is -2.05. The average molecular weight is 279 g/mol. The number of hydrogen-bond donors (Lipinski definition) is 3. The maximum Gasteiger partial charge on any atom is 0.353 e. The molecule has 0 unspecified atom stereocenters. The standard InChI is InChI=1S/C10H7ClN6O2/c11-9-13-7-2-1-3-17(7)10(14-9)12-6-4-5(8(18)19)15-16-6/h1-4H,(H,18,19)(H2,12,13,14,15,16). The summed E-state index contributed by atoms with van der Waals surface area (Å²) in [5.74, 6) is -0.377. The van der Waals surface area contributed by atoms with Crippen molar-refractivity contribution in [3.63, 3.8) is 0 Å². The quantitative estimate of drug-likeness (QED) is 0.671. The Labute approximate surface area is 111 Å². The molecule has 9 heteroatoms. The van der Waals surface area contributed by atoms with Crippen LogP contribution in [0.15, 0.2) is 24.4 Å². The van der Waals surface area contributed by atoms with E-state index in [1.165, 1.54) is 6.07 Å². The first-order valence-electron chi connectivity index (χ1n) is 5.20. The highest BCUT2D eigenvalue weighted by Crippen LogP contribution is 2.17. The van der Waals surface area contributed by atoms with Gasteiger partial charge in [0.05, 0.1) is 0 Å². The second-order valence-corrected chi connectivity index (χ2v) is 3.99. The van der Waals surface area contributed by atoms with Crippen molar-refractivity contribution in [3.05, 3.63) is 35.4 Å². The van der Waals surface area contributed by atoms with Crippen molar-refractivity contribution < 1.29 is 9.90 Å². The van der Waals surface area contributed by atoms with E-state index in [0.717, 1.165) is 0 Å². The molecule has 0 radical (unpaired) electrons. The second kappa shape index (κ2) is 4.25. The normalized spacial score (nSPS) is 10.8. The number of carboxylic acids is 1. The van der Waals surface area contributed by atoms with Gasteiger partial charge in [-0.3, -0.25) is 9.50 Å². The summed E-state index contributed by atoms with van der Waals surface area (Å²) >= 11 is 5.80. The van der Waals surface area contributed by atoms with Crippen LogP contribution < -0.4 is 5.32 Å². The summed E-state index contributed by atoms with van der Waals surface area (Å²) in [6.07, 6.45) is 1.75. The van der Waals surface area contributed by atoms with Crippen molar-refractivity contribution in [2.75, 3.05) is 5.32 Å². The van der Waals surface area contributed by atoms with Crippen molar-refractivity contribution in [3.8, 4) is 0 Å². The van der Waals surface area contributed by atoms with E-state index in [9.17, 15) is 4.79 Å². The number of aromatic carboxylic acids is 1. The van der Waals surface area contributed by atoms with Gasteiger partial charge >= 0.3 is 5.97 Å². The number of H-pyrrole nitrogens is 1. The van der Waals surface area contributed by atoms with Crippen molar-refractivity contribution in [1.82, 2.24) is 24.6 Å². The summed E-state index contributed by atoms with van der Waals surface area (Å²) in [7, 11) is 0. The molecule has 0 atom stereocenters. The van der Waals surface area contributed by atoms with E-state index >= 15 is 0 Å². The molecule has 3 N–H and O–H groups in total. The number of aromatic amines is 1.